The molecule has 13 heavy (non-hydrogen) atoms. The number of rotatable bonds is 2. The maximum atomic E-state index is 10.3. The molecular weight excluding hydrogens is 174 g/mol. The van der Waals surface area contributed by atoms with Crippen LogP contribution in [0.3, 0.4) is 0 Å². The number of nitrogens with one attached hydrogen (secondary N) is 2. The third-order valence-corrected chi connectivity index (χ3v) is 1.54. The van der Waals surface area contributed by atoms with E-state index in [1.165, 1.54) is 12.4 Å². The van der Waals surface area contributed by atoms with Gasteiger partial charge in [-0.2, -0.15) is 0 Å². The van der Waals surface area contributed by atoms with Gasteiger partial charge in [0.2, 0.25) is 0 Å². The summed E-state index contributed by atoms with van der Waals surface area (Å²) in [7, 11) is 0. The number of imidazole rings is 1. The molecule has 0 saturated carbocycles. The van der Waals surface area contributed by atoms with Crippen molar-refractivity contribution < 1.29 is 4.92 Å². The number of aromatic amines is 2. The van der Waals surface area contributed by atoms with E-state index in [2.05, 4.69) is 20.2 Å². The Morgan fingerprint density at radius 1 is 1.54 bits per heavy atom. The predicted octanol–water partition coefficient (Wildman–Crippen LogP) is 0.708. The second-order valence-corrected chi connectivity index (χ2v) is 2.36. The molecule has 0 aliphatic rings. The lowest BCUT2D eigenvalue weighted by Gasteiger charge is -1.84. The fraction of sp³-hybridized carbons (Fsp3) is 0. The first-order valence-corrected chi connectivity index (χ1v) is 3.46. The van der Waals surface area contributed by atoms with Gasteiger partial charge in [0.15, 0.2) is 0 Å². The molecular formula is C6H5N5O2. The molecule has 0 radical (unpaired) electrons. The fourth-order valence-corrected chi connectivity index (χ4v) is 0.939. The summed E-state index contributed by atoms with van der Waals surface area (Å²) >= 11 is 0. The topological polar surface area (TPSA) is 100 Å². The maximum Gasteiger partial charge on any atom is 0.343 e. The Bertz CT molecular complexity index is 418. The van der Waals surface area contributed by atoms with Crippen molar-refractivity contribution >= 4 is 5.82 Å². The zero-order chi connectivity index (χ0) is 9.26. The summed E-state index contributed by atoms with van der Waals surface area (Å²) in [4.78, 5) is 16.3. The van der Waals surface area contributed by atoms with E-state index in [0.717, 1.165) is 0 Å². The lowest BCUT2D eigenvalue weighted by Crippen LogP contribution is -1.86. The van der Waals surface area contributed by atoms with Crippen molar-refractivity contribution in [3.63, 3.8) is 0 Å². The maximum absolute atomic E-state index is 10.3. The first kappa shape index (κ1) is 7.47. The van der Waals surface area contributed by atoms with E-state index in [9.17, 15) is 10.1 Å². The van der Waals surface area contributed by atoms with Crippen LogP contribution < -0.4 is 0 Å². The van der Waals surface area contributed by atoms with Crippen LogP contribution in [0, 0.1) is 10.1 Å². The Balaban J connectivity index is 2.39. The Kier molecular flexibility index (Phi) is 1.55. The van der Waals surface area contributed by atoms with Crippen LogP contribution in [-0.2, 0) is 0 Å². The van der Waals surface area contributed by atoms with Gasteiger partial charge < -0.3 is 15.1 Å². The highest BCUT2D eigenvalue weighted by molar-refractivity contribution is 5.54. The Morgan fingerprint density at radius 3 is 2.92 bits per heavy atom. The van der Waals surface area contributed by atoms with Gasteiger partial charge in [-0.15, -0.1) is 5.10 Å². The second kappa shape index (κ2) is 2.70. The van der Waals surface area contributed by atoms with Gasteiger partial charge in [-0.05, 0) is 4.92 Å². The second-order valence-electron chi connectivity index (χ2n) is 2.36. The minimum Gasteiger partial charge on any atom is -0.358 e. The normalized spacial score (nSPS) is 10.2. The van der Waals surface area contributed by atoms with Crippen LogP contribution >= 0.6 is 0 Å². The number of H-pyrrole nitrogens is 2. The van der Waals surface area contributed by atoms with E-state index in [-0.39, 0.29) is 5.82 Å². The third kappa shape index (κ3) is 1.26. The van der Waals surface area contributed by atoms with Gasteiger partial charge in [0, 0.05) is 0 Å². The highest BCUT2D eigenvalue weighted by Gasteiger charge is 2.11. The van der Waals surface area contributed by atoms with Crippen LogP contribution in [0.1, 0.15) is 0 Å². The molecule has 2 N–H and O–H groups in total. The molecule has 66 valence electrons. The van der Waals surface area contributed by atoms with Crippen molar-refractivity contribution in [2.45, 2.75) is 0 Å². The molecule has 0 bridgehead atoms. The predicted molar refractivity (Wildman–Crippen MR) is 42.8 cm³/mol. The van der Waals surface area contributed by atoms with Crippen molar-refractivity contribution in [1.82, 2.24) is 20.2 Å². The molecule has 0 unspecified atom stereocenters. The largest absolute Gasteiger partial charge is 0.358 e. The Hall–Kier alpha value is -2.18. The zero-order valence-electron chi connectivity index (χ0n) is 6.39. The minimum atomic E-state index is -0.535. The molecule has 0 atom stereocenters. The molecule has 7 nitrogen and oxygen atoms in total. The lowest BCUT2D eigenvalue weighted by atomic mass is 10.3. The van der Waals surface area contributed by atoms with Crippen molar-refractivity contribution in [2.24, 2.45) is 0 Å². The molecule has 2 rings (SSSR count). The van der Waals surface area contributed by atoms with Gasteiger partial charge in [0.05, 0.1) is 24.3 Å². The van der Waals surface area contributed by atoms with E-state index in [1.807, 2.05) is 0 Å². The molecule has 2 heterocycles. The number of aromatic nitrogens is 4. The molecule has 0 amide bonds. The van der Waals surface area contributed by atoms with Crippen LogP contribution in [0.4, 0.5) is 5.82 Å². The van der Waals surface area contributed by atoms with Crippen LogP contribution in [0.5, 0.6) is 0 Å². The number of hydrogen-bond acceptors (Lipinski definition) is 4. The quantitative estimate of drug-likeness (QED) is 0.523. The molecule has 0 aliphatic heterocycles. The lowest BCUT2D eigenvalue weighted by molar-refractivity contribution is -0.389. The van der Waals surface area contributed by atoms with Crippen LogP contribution in [0.15, 0.2) is 18.6 Å². The van der Waals surface area contributed by atoms with Gasteiger partial charge in [-0.3, -0.25) is 0 Å². The van der Waals surface area contributed by atoms with Crippen LogP contribution in [0.2, 0.25) is 0 Å². The van der Waals surface area contributed by atoms with Gasteiger partial charge in [0.25, 0.3) is 0 Å². The summed E-state index contributed by atoms with van der Waals surface area (Å²) in [6, 6.07) is 1.34. The SMILES string of the molecule is O=[N+]([O-])c1cc(-c2cnc[nH]2)n[nH]1. The van der Waals surface area contributed by atoms with E-state index < -0.39 is 4.92 Å². The average Bonchev–Trinajstić information content (AvgIpc) is 2.75. The van der Waals surface area contributed by atoms with Crippen molar-refractivity contribution in [1.29, 1.82) is 0 Å². The Morgan fingerprint density at radius 2 is 2.38 bits per heavy atom. The van der Waals surface area contributed by atoms with Gasteiger partial charge >= 0.3 is 5.82 Å². The smallest absolute Gasteiger partial charge is 0.343 e. The van der Waals surface area contributed by atoms with Gasteiger partial charge in [0.1, 0.15) is 5.69 Å². The first-order valence-electron chi connectivity index (χ1n) is 3.46. The summed E-state index contributed by atoms with van der Waals surface area (Å²) in [5.41, 5.74) is 1.12. The van der Waals surface area contributed by atoms with Gasteiger partial charge in [-0.1, -0.05) is 5.10 Å². The number of nitrogens with zero attached hydrogens (tertiary/aromatic N) is 3. The molecule has 2 aromatic heterocycles. The van der Waals surface area contributed by atoms with Crippen LogP contribution in [-0.4, -0.2) is 25.1 Å². The summed E-state index contributed by atoms with van der Waals surface area (Å²) < 4.78 is 0. The summed E-state index contributed by atoms with van der Waals surface area (Å²) in [6.45, 7) is 0. The van der Waals surface area contributed by atoms with Crippen molar-refractivity contribution in [2.75, 3.05) is 0 Å². The Labute approximate surface area is 72.0 Å². The first-order chi connectivity index (χ1) is 6.27. The van der Waals surface area contributed by atoms with Gasteiger partial charge in [-0.25, -0.2) is 4.98 Å². The van der Waals surface area contributed by atoms with Crippen LogP contribution in [0.25, 0.3) is 11.4 Å². The van der Waals surface area contributed by atoms with E-state index >= 15 is 0 Å². The zero-order valence-corrected chi connectivity index (χ0v) is 6.39. The number of hydrogen-bond donors (Lipinski definition) is 2. The van der Waals surface area contributed by atoms with Crippen molar-refractivity contribution in [3.05, 3.63) is 28.7 Å². The van der Waals surface area contributed by atoms with E-state index in [0.29, 0.717) is 11.4 Å². The average molecular weight is 179 g/mol. The molecule has 7 heteroatoms. The fourth-order valence-electron chi connectivity index (χ4n) is 0.939. The highest BCUT2D eigenvalue weighted by Crippen LogP contribution is 2.17. The monoisotopic (exact) mass is 179 g/mol. The molecule has 0 aliphatic carbocycles. The third-order valence-electron chi connectivity index (χ3n) is 1.54. The summed E-state index contributed by atoms with van der Waals surface area (Å²) in [6.07, 6.45) is 3.02. The molecule has 0 aromatic carbocycles. The summed E-state index contributed by atoms with van der Waals surface area (Å²) in [5.74, 6) is -0.135. The number of nitro groups is 1. The molecule has 0 fully saturated rings. The summed E-state index contributed by atoms with van der Waals surface area (Å²) in [5, 5.41) is 16.3. The van der Waals surface area contributed by atoms with E-state index in [4.69, 9.17) is 0 Å². The highest BCUT2D eigenvalue weighted by atomic mass is 16.6. The molecule has 0 saturated heterocycles. The van der Waals surface area contributed by atoms with E-state index in [1.54, 1.807) is 6.20 Å². The standard InChI is InChI=1S/C6H5N5O2/c12-11(13)6-1-4(9-10-6)5-2-7-3-8-5/h1-3H,(H,7,8)(H,9,10). The molecule has 2 aromatic rings. The van der Waals surface area contributed by atoms with Crippen molar-refractivity contribution in [3.8, 4) is 11.4 Å². The minimum absolute atomic E-state index is 0.135. The molecule has 0 spiro atoms.